The van der Waals surface area contributed by atoms with E-state index in [1.54, 1.807) is 5.38 Å². The standard InChI is InChI=1S/C11H10N2O3S2/c1-6-12-7(5-18-6)4-9(14)13-10-8(11(15)16)2-3-17-10/h2-3,5H,4H2,1H3,(H,13,14)(H,15,16). The normalized spacial score (nSPS) is 10.3. The van der Waals surface area contributed by atoms with Crippen LogP contribution < -0.4 is 5.32 Å². The Hall–Kier alpha value is -1.73. The van der Waals surface area contributed by atoms with Crippen molar-refractivity contribution in [3.8, 4) is 0 Å². The molecule has 0 bridgehead atoms. The van der Waals surface area contributed by atoms with E-state index < -0.39 is 5.97 Å². The number of nitrogens with zero attached hydrogens (tertiary/aromatic N) is 1. The molecule has 2 rings (SSSR count). The van der Waals surface area contributed by atoms with Crippen molar-refractivity contribution >= 4 is 39.6 Å². The van der Waals surface area contributed by atoms with Gasteiger partial charge in [-0.1, -0.05) is 0 Å². The van der Waals surface area contributed by atoms with Crippen molar-refractivity contribution in [3.05, 3.63) is 33.1 Å². The third-order valence-electron chi connectivity index (χ3n) is 2.16. The monoisotopic (exact) mass is 282 g/mol. The van der Waals surface area contributed by atoms with Gasteiger partial charge in [0.15, 0.2) is 0 Å². The zero-order valence-electron chi connectivity index (χ0n) is 9.47. The molecule has 94 valence electrons. The number of thiazole rings is 1. The lowest BCUT2D eigenvalue weighted by Crippen LogP contribution is -2.15. The summed E-state index contributed by atoms with van der Waals surface area (Å²) in [5.41, 5.74) is 0.811. The van der Waals surface area contributed by atoms with Crippen LogP contribution in [0.3, 0.4) is 0 Å². The summed E-state index contributed by atoms with van der Waals surface area (Å²) >= 11 is 2.67. The van der Waals surface area contributed by atoms with Gasteiger partial charge in [-0.25, -0.2) is 9.78 Å². The number of rotatable bonds is 4. The molecule has 0 fully saturated rings. The first-order valence-corrected chi connectivity index (χ1v) is 6.84. The molecule has 0 aliphatic rings. The summed E-state index contributed by atoms with van der Waals surface area (Å²) in [5.74, 6) is -1.30. The minimum atomic E-state index is -1.05. The number of aromatic carboxylic acids is 1. The van der Waals surface area contributed by atoms with Gasteiger partial charge in [-0.3, -0.25) is 4.79 Å². The largest absolute Gasteiger partial charge is 0.478 e. The van der Waals surface area contributed by atoms with Gasteiger partial charge < -0.3 is 10.4 Å². The number of anilines is 1. The molecule has 0 radical (unpaired) electrons. The van der Waals surface area contributed by atoms with E-state index in [1.807, 2.05) is 12.3 Å². The molecule has 0 saturated heterocycles. The number of carbonyl (C=O) groups is 2. The topological polar surface area (TPSA) is 79.3 Å². The van der Waals surface area contributed by atoms with Crippen LogP contribution in [0, 0.1) is 6.92 Å². The van der Waals surface area contributed by atoms with E-state index >= 15 is 0 Å². The van der Waals surface area contributed by atoms with Gasteiger partial charge in [-0.05, 0) is 18.4 Å². The van der Waals surface area contributed by atoms with Crippen molar-refractivity contribution in [3.63, 3.8) is 0 Å². The lowest BCUT2D eigenvalue weighted by molar-refractivity contribution is -0.115. The molecular formula is C11H10N2O3S2. The van der Waals surface area contributed by atoms with Gasteiger partial charge in [-0.2, -0.15) is 0 Å². The molecular weight excluding hydrogens is 272 g/mol. The number of aromatic nitrogens is 1. The molecule has 2 N–H and O–H groups in total. The first-order valence-electron chi connectivity index (χ1n) is 5.08. The third kappa shape index (κ3) is 2.93. The van der Waals surface area contributed by atoms with E-state index in [0.29, 0.717) is 10.7 Å². The van der Waals surface area contributed by atoms with Gasteiger partial charge >= 0.3 is 5.97 Å². The molecule has 7 heteroatoms. The van der Waals surface area contributed by atoms with Gasteiger partial charge in [0.05, 0.1) is 22.7 Å². The molecule has 2 aromatic heterocycles. The number of amides is 1. The minimum absolute atomic E-state index is 0.114. The number of carbonyl (C=O) groups excluding carboxylic acids is 1. The summed E-state index contributed by atoms with van der Waals surface area (Å²) in [5, 5.41) is 16.2. The van der Waals surface area contributed by atoms with Gasteiger partial charge in [0.2, 0.25) is 5.91 Å². The highest BCUT2D eigenvalue weighted by molar-refractivity contribution is 7.14. The predicted molar refractivity (Wildman–Crippen MR) is 70.5 cm³/mol. The number of carboxylic acids is 1. The Kier molecular flexibility index (Phi) is 3.73. The van der Waals surface area contributed by atoms with Crippen LogP contribution in [0.25, 0.3) is 0 Å². The Balaban J connectivity index is 2.03. The summed E-state index contributed by atoms with van der Waals surface area (Å²) in [6.07, 6.45) is 0.154. The highest BCUT2D eigenvalue weighted by Crippen LogP contribution is 2.23. The minimum Gasteiger partial charge on any atom is -0.478 e. The number of nitrogens with one attached hydrogen (secondary N) is 1. The number of hydrogen-bond donors (Lipinski definition) is 2. The summed E-state index contributed by atoms with van der Waals surface area (Å²) in [4.78, 5) is 26.8. The molecule has 0 saturated carbocycles. The van der Waals surface area contributed by atoms with Gasteiger partial charge in [-0.15, -0.1) is 22.7 Å². The van der Waals surface area contributed by atoms with Crippen LogP contribution in [0.1, 0.15) is 21.1 Å². The first kappa shape index (κ1) is 12.7. The second kappa shape index (κ2) is 5.28. The Morgan fingerprint density at radius 1 is 1.44 bits per heavy atom. The quantitative estimate of drug-likeness (QED) is 0.902. The summed E-state index contributed by atoms with van der Waals surface area (Å²) in [7, 11) is 0. The maximum Gasteiger partial charge on any atom is 0.338 e. The molecule has 2 aromatic rings. The number of hydrogen-bond acceptors (Lipinski definition) is 5. The molecule has 5 nitrogen and oxygen atoms in total. The Morgan fingerprint density at radius 3 is 2.83 bits per heavy atom. The first-order chi connectivity index (χ1) is 8.56. The summed E-state index contributed by atoms with van der Waals surface area (Å²) < 4.78 is 0. The van der Waals surface area contributed by atoms with Crippen LogP contribution in [0.15, 0.2) is 16.8 Å². The molecule has 1 amide bonds. The average Bonchev–Trinajstić information content (AvgIpc) is 2.87. The number of thiophene rings is 1. The number of aryl methyl sites for hydroxylation is 1. The Bertz CT molecular complexity index is 589. The highest BCUT2D eigenvalue weighted by atomic mass is 32.1. The smallest absolute Gasteiger partial charge is 0.338 e. The Labute approximate surface area is 111 Å². The molecule has 18 heavy (non-hydrogen) atoms. The van der Waals surface area contributed by atoms with Crippen molar-refractivity contribution in [2.45, 2.75) is 13.3 Å². The van der Waals surface area contributed by atoms with Crippen LogP contribution in [-0.2, 0) is 11.2 Å². The van der Waals surface area contributed by atoms with Crippen molar-refractivity contribution in [1.29, 1.82) is 0 Å². The lowest BCUT2D eigenvalue weighted by atomic mass is 10.3. The summed E-state index contributed by atoms with van der Waals surface area (Å²) in [6.45, 7) is 1.87. The van der Waals surface area contributed by atoms with E-state index in [1.165, 1.54) is 28.7 Å². The van der Waals surface area contributed by atoms with Crippen molar-refractivity contribution in [1.82, 2.24) is 4.98 Å². The van der Waals surface area contributed by atoms with Crippen LogP contribution in [0.5, 0.6) is 0 Å². The molecule has 0 spiro atoms. The van der Waals surface area contributed by atoms with E-state index in [9.17, 15) is 9.59 Å². The third-order valence-corrected chi connectivity index (χ3v) is 3.81. The van der Waals surface area contributed by atoms with E-state index in [0.717, 1.165) is 5.01 Å². The lowest BCUT2D eigenvalue weighted by Gasteiger charge is -2.02. The Morgan fingerprint density at radius 2 is 2.22 bits per heavy atom. The molecule has 0 aliphatic carbocycles. The predicted octanol–water partition coefficient (Wildman–Crippen LogP) is 2.39. The zero-order chi connectivity index (χ0) is 13.1. The summed E-state index contributed by atoms with van der Waals surface area (Å²) in [6, 6.07) is 1.47. The highest BCUT2D eigenvalue weighted by Gasteiger charge is 2.14. The van der Waals surface area contributed by atoms with Crippen LogP contribution in [0.2, 0.25) is 0 Å². The molecule has 0 atom stereocenters. The van der Waals surface area contributed by atoms with Crippen LogP contribution in [0.4, 0.5) is 5.00 Å². The van der Waals surface area contributed by atoms with Crippen molar-refractivity contribution in [2.75, 3.05) is 5.32 Å². The van der Waals surface area contributed by atoms with Gasteiger partial charge in [0.25, 0.3) is 0 Å². The molecule has 0 unspecified atom stereocenters. The van der Waals surface area contributed by atoms with Gasteiger partial charge in [0, 0.05) is 5.38 Å². The van der Waals surface area contributed by atoms with E-state index in [4.69, 9.17) is 5.11 Å². The molecule has 0 aromatic carbocycles. The second-order valence-corrected chi connectivity index (χ2v) is 5.53. The maximum absolute atomic E-state index is 11.7. The molecule has 2 heterocycles. The maximum atomic E-state index is 11.7. The SMILES string of the molecule is Cc1nc(CC(=O)Nc2sccc2C(=O)O)cs1. The van der Waals surface area contributed by atoms with E-state index in [2.05, 4.69) is 10.3 Å². The second-order valence-electron chi connectivity index (χ2n) is 3.55. The fourth-order valence-corrected chi connectivity index (χ4v) is 2.81. The fourth-order valence-electron chi connectivity index (χ4n) is 1.40. The fraction of sp³-hybridized carbons (Fsp3) is 0.182. The van der Waals surface area contributed by atoms with Crippen LogP contribution in [-0.4, -0.2) is 22.0 Å². The van der Waals surface area contributed by atoms with Gasteiger partial charge in [0.1, 0.15) is 5.00 Å². The van der Waals surface area contributed by atoms with Crippen molar-refractivity contribution < 1.29 is 14.7 Å². The van der Waals surface area contributed by atoms with E-state index in [-0.39, 0.29) is 17.9 Å². The van der Waals surface area contributed by atoms with Crippen LogP contribution >= 0.6 is 22.7 Å². The number of carboxylic acid groups (broad SMARTS) is 1. The zero-order valence-corrected chi connectivity index (χ0v) is 11.1. The van der Waals surface area contributed by atoms with Crippen molar-refractivity contribution in [2.24, 2.45) is 0 Å². The molecule has 0 aliphatic heterocycles. The average molecular weight is 282 g/mol.